The molecule has 2 aromatic rings. The number of rotatable bonds is 1. The minimum Gasteiger partial charge on any atom is -0.507 e. The maximum Gasteiger partial charge on any atom is 0.123 e. The van der Waals surface area contributed by atoms with Crippen molar-refractivity contribution >= 4 is 0 Å². The summed E-state index contributed by atoms with van der Waals surface area (Å²) in [5, 5.41) is 9.91. The van der Waals surface area contributed by atoms with Crippen molar-refractivity contribution in [3.8, 4) is 16.9 Å². The van der Waals surface area contributed by atoms with Crippen LogP contribution in [0.25, 0.3) is 11.1 Å². The Hall–Kier alpha value is -1.80. The zero-order valence-electron chi connectivity index (χ0n) is 10.6. The Bertz CT molecular complexity index is 600. The molecule has 3 rings (SSSR count). The summed E-state index contributed by atoms with van der Waals surface area (Å²) in [6, 6.07) is 13.7. The van der Waals surface area contributed by atoms with Crippen molar-refractivity contribution < 1.29 is 9.84 Å². The summed E-state index contributed by atoms with van der Waals surface area (Å²) in [7, 11) is 0. The third kappa shape index (κ3) is 1.70. The Morgan fingerprint density at radius 3 is 2.67 bits per heavy atom. The Labute approximate surface area is 107 Å². The Kier molecular flexibility index (Phi) is 2.42. The van der Waals surface area contributed by atoms with Gasteiger partial charge in [0.15, 0.2) is 0 Å². The highest BCUT2D eigenvalue weighted by molar-refractivity contribution is 5.71. The molecule has 0 fully saturated rings. The molecule has 0 aliphatic carbocycles. The molecule has 0 saturated heterocycles. The molecule has 1 aliphatic rings. The highest BCUT2D eigenvalue weighted by Crippen LogP contribution is 2.39. The van der Waals surface area contributed by atoms with Crippen LogP contribution in [0.3, 0.4) is 0 Å². The van der Waals surface area contributed by atoms with Gasteiger partial charge in [0.2, 0.25) is 0 Å². The third-order valence-corrected chi connectivity index (χ3v) is 3.56. The van der Waals surface area contributed by atoms with Crippen LogP contribution >= 0.6 is 0 Å². The fourth-order valence-corrected chi connectivity index (χ4v) is 2.48. The topological polar surface area (TPSA) is 29.5 Å². The molecule has 2 heteroatoms. The highest BCUT2D eigenvalue weighted by Gasteiger charge is 2.30. The van der Waals surface area contributed by atoms with Crippen molar-refractivity contribution in [1.82, 2.24) is 0 Å². The smallest absolute Gasteiger partial charge is 0.123 e. The fourth-order valence-electron chi connectivity index (χ4n) is 2.48. The first kappa shape index (κ1) is 11.3. The molecule has 18 heavy (non-hydrogen) atoms. The van der Waals surface area contributed by atoms with Gasteiger partial charge in [-0.15, -0.1) is 0 Å². The highest BCUT2D eigenvalue weighted by atomic mass is 16.5. The zero-order chi connectivity index (χ0) is 12.8. The van der Waals surface area contributed by atoms with Gasteiger partial charge in [0.05, 0.1) is 12.2 Å². The number of para-hydroxylation sites is 1. The van der Waals surface area contributed by atoms with Gasteiger partial charge in [-0.05, 0) is 42.7 Å². The Morgan fingerprint density at radius 2 is 1.89 bits per heavy atom. The monoisotopic (exact) mass is 240 g/mol. The van der Waals surface area contributed by atoms with E-state index in [9.17, 15) is 5.11 Å². The van der Waals surface area contributed by atoms with Crippen molar-refractivity contribution in [1.29, 1.82) is 0 Å². The second-order valence-corrected chi connectivity index (χ2v) is 5.19. The molecule has 1 N–H and O–H groups in total. The van der Waals surface area contributed by atoms with Gasteiger partial charge in [0, 0.05) is 5.56 Å². The van der Waals surface area contributed by atoms with Gasteiger partial charge >= 0.3 is 0 Å². The van der Waals surface area contributed by atoms with Crippen molar-refractivity contribution in [2.24, 2.45) is 0 Å². The molecular weight excluding hydrogens is 224 g/mol. The van der Waals surface area contributed by atoms with E-state index in [0.29, 0.717) is 12.4 Å². The molecule has 0 saturated carbocycles. The van der Waals surface area contributed by atoms with Crippen LogP contribution in [0.4, 0.5) is 0 Å². The van der Waals surface area contributed by atoms with Gasteiger partial charge in [-0.25, -0.2) is 0 Å². The third-order valence-electron chi connectivity index (χ3n) is 3.56. The first-order valence-corrected chi connectivity index (χ1v) is 6.14. The van der Waals surface area contributed by atoms with Gasteiger partial charge in [0.25, 0.3) is 0 Å². The lowest BCUT2D eigenvalue weighted by molar-refractivity contribution is -0.00787. The zero-order valence-corrected chi connectivity index (χ0v) is 10.6. The number of phenolic OH excluding ortho intramolecular Hbond substituents is 1. The fraction of sp³-hybridized carbons (Fsp3) is 0.250. The number of benzene rings is 2. The van der Waals surface area contributed by atoms with Crippen LogP contribution in [0.5, 0.6) is 5.75 Å². The Balaban J connectivity index is 2.14. The van der Waals surface area contributed by atoms with Gasteiger partial charge in [-0.1, -0.05) is 30.3 Å². The van der Waals surface area contributed by atoms with E-state index in [2.05, 4.69) is 26.0 Å². The summed E-state index contributed by atoms with van der Waals surface area (Å²) in [6.07, 6.45) is 0. The number of aromatic hydroxyl groups is 1. The van der Waals surface area contributed by atoms with E-state index >= 15 is 0 Å². The maximum atomic E-state index is 9.91. The van der Waals surface area contributed by atoms with E-state index in [4.69, 9.17) is 4.74 Å². The molecule has 0 bridgehead atoms. The number of hydrogen-bond donors (Lipinski definition) is 1. The number of fused-ring (bicyclic) bond motifs is 1. The molecule has 0 radical (unpaired) electrons. The average Bonchev–Trinajstić information content (AvgIpc) is 2.66. The quantitative estimate of drug-likeness (QED) is 0.821. The van der Waals surface area contributed by atoms with Gasteiger partial charge in [-0.2, -0.15) is 0 Å². The maximum absolute atomic E-state index is 9.91. The van der Waals surface area contributed by atoms with Crippen molar-refractivity contribution in [3.05, 3.63) is 53.6 Å². The molecule has 0 spiro atoms. The minimum atomic E-state index is -0.240. The predicted octanol–water partition coefficient (Wildman–Crippen LogP) is 3.82. The molecule has 92 valence electrons. The molecule has 0 aromatic heterocycles. The van der Waals surface area contributed by atoms with E-state index in [-0.39, 0.29) is 5.60 Å². The first-order chi connectivity index (χ1) is 8.58. The van der Waals surface area contributed by atoms with Crippen LogP contribution in [-0.2, 0) is 16.9 Å². The summed E-state index contributed by atoms with van der Waals surface area (Å²) in [5.74, 6) is 0.314. The summed E-state index contributed by atoms with van der Waals surface area (Å²) in [4.78, 5) is 0. The lowest BCUT2D eigenvalue weighted by Crippen LogP contribution is -2.14. The molecule has 0 atom stereocenters. The largest absolute Gasteiger partial charge is 0.507 e. The second kappa shape index (κ2) is 3.85. The van der Waals surface area contributed by atoms with Crippen LogP contribution in [0.15, 0.2) is 42.5 Å². The predicted molar refractivity (Wildman–Crippen MR) is 71.4 cm³/mol. The van der Waals surface area contributed by atoms with E-state index in [0.717, 1.165) is 11.1 Å². The summed E-state index contributed by atoms with van der Waals surface area (Å²) in [6.45, 7) is 4.82. The summed E-state index contributed by atoms with van der Waals surface area (Å²) >= 11 is 0. The van der Waals surface area contributed by atoms with E-state index in [1.807, 2.05) is 24.3 Å². The number of hydrogen-bond acceptors (Lipinski definition) is 2. The molecule has 0 amide bonds. The molecule has 2 aromatic carbocycles. The normalized spacial score (nSPS) is 16.6. The van der Waals surface area contributed by atoms with Crippen molar-refractivity contribution in [3.63, 3.8) is 0 Å². The van der Waals surface area contributed by atoms with Crippen LogP contribution in [0, 0.1) is 0 Å². The average molecular weight is 240 g/mol. The van der Waals surface area contributed by atoms with Crippen LogP contribution in [-0.4, -0.2) is 5.11 Å². The Morgan fingerprint density at radius 1 is 1.11 bits per heavy atom. The molecule has 1 heterocycles. The molecule has 2 nitrogen and oxygen atoms in total. The van der Waals surface area contributed by atoms with Gasteiger partial charge < -0.3 is 9.84 Å². The van der Waals surface area contributed by atoms with Crippen molar-refractivity contribution in [2.45, 2.75) is 26.1 Å². The van der Waals surface area contributed by atoms with Gasteiger partial charge in [-0.3, -0.25) is 0 Å². The standard InChI is InChI=1S/C16H16O2/c1-16(2)14-9-11(7-8-12(14)10-18-16)13-5-3-4-6-15(13)17/h3-9,17H,10H2,1-2H3. The number of ether oxygens (including phenoxy) is 1. The van der Waals surface area contributed by atoms with Crippen LogP contribution < -0.4 is 0 Å². The first-order valence-electron chi connectivity index (χ1n) is 6.14. The number of phenols is 1. The van der Waals surface area contributed by atoms with Crippen LogP contribution in [0.1, 0.15) is 25.0 Å². The molecule has 1 aliphatic heterocycles. The van der Waals surface area contributed by atoms with Gasteiger partial charge in [0.1, 0.15) is 5.75 Å². The van der Waals surface area contributed by atoms with Crippen LogP contribution in [0.2, 0.25) is 0 Å². The van der Waals surface area contributed by atoms with E-state index in [1.54, 1.807) is 6.07 Å². The van der Waals surface area contributed by atoms with E-state index in [1.165, 1.54) is 11.1 Å². The lowest BCUT2D eigenvalue weighted by Gasteiger charge is -2.19. The summed E-state index contributed by atoms with van der Waals surface area (Å²) in [5.41, 5.74) is 4.10. The summed E-state index contributed by atoms with van der Waals surface area (Å²) < 4.78 is 5.77. The molecular formula is C16H16O2. The lowest BCUT2D eigenvalue weighted by atomic mass is 9.92. The van der Waals surface area contributed by atoms with Crippen molar-refractivity contribution in [2.75, 3.05) is 0 Å². The van der Waals surface area contributed by atoms with E-state index < -0.39 is 0 Å². The SMILES string of the molecule is CC1(C)OCc2ccc(-c3ccccc3O)cc21. The minimum absolute atomic E-state index is 0.240. The second-order valence-electron chi connectivity index (χ2n) is 5.19. The molecule has 0 unspecified atom stereocenters.